The van der Waals surface area contributed by atoms with Gasteiger partial charge in [0.15, 0.2) is 0 Å². The molecule has 0 radical (unpaired) electrons. The van der Waals surface area contributed by atoms with Crippen LogP contribution in [0.1, 0.15) is 42.9 Å². The van der Waals surface area contributed by atoms with Gasteiger partial charge < -0.3 is 35.3 Å². The predicted octanol–water partition coefficient (Wildman–Crippen LogP) is 4.60. The number of carbonyl (C=O) groups excluding carboxylic acids is 2. The molecule has 1 fully saturated rings. The number of anilines is 2. The third-order valence-electron chi connectivity index (χ3n) is 7.20. The Hall–Kier alpha value is -4.08. The van der Waals surface area contributed by atoms with Crippen LogP contribution in [-0.2, 0) is 9.53 Å². The van der Waals surface area contributed by atoms with Crippen LogP contribution in [0.15, 0.2) is 72.8 Å². The number of hydrogen-bond acceptors (Lipinski definition) is 6. The molecule has 3 aromatic carbocycles. The SMILES string of the molecule is COc1ccc(NC(=O)Nc2ccc3c(c2)[C@@H]2C[C@H](CC(=O)N[C@@H](C)c4ccccc4)O[C@@H](CO)[C@@H]2O3)cc1. The minimum absolute atomic E-state index is 0.0818. The van der Waals surface area contributed by atoms with E-state index in [0.29, 0.717) is 29.3 Å². The molecule has 4 N–H and O–H groups in total. The predicted molar refractivity (Wildman–Crippen MR) is 147 cm³/mol. The van der Waals surface area contributed by atoms with Gasteiger partial charge in [0, 0.05) is 22.9 Å². The Bertz CT molecular complexity index is 1300. The molecule has 3 aromatic rings. The average molecular weight is 532 g/mol. The van der Waals surface area contributed by atoms with Crippen LogP contribution >= 0.6 is 0 Å². The summed E-state index contributed by atoms with van der Waals surface area (Å²) in [5, 5.41) is 18.7. The molecule has 0 aromatic heterocycles. The van der Waals surface area contributed by atoms with Crippen molar-refractivity contribution in [2.75, 3.05) is 24.4 Å². The molecule has 3 amide bonds. The third-order valence-corrected chi connectivity index (χ3v) is 7.20. The first-order valence-electron chi connectivity index (χ1n) is 13.1. The molecule has 2 aliphatic rings. The van der Waals surface area contributed by atoms with E-state index < -0.39 is 6.10 Å². The number of ether oxygens (including phenoxy) is 3. The normalized spacial score (nSPS) is 22.0. The molecule has 9 nitrogen and oxygen atoms in total. The van der Waals surface area contributed by atoms with E-state index in [1.165, 1.54) is 0 Å². The Labute approximate surface area is 227 Å². The van der Waals surface area contributed by atoms with Crippen molar-refractivity contribution < 1.29 is 28.9 Å². The summed E-state index contributed by atoms with van der Waals surface area (Å²) in [7, 11) is 1.59. The van der Waals surface area contributed by atoms with Crippen molar-refractivity contribution in [2.45, 2.75) is 50.0 Å². The van der Waals surface area contributed by atoms with Gasteiger partial charge in [0.2, 0.25) is 5.91 Å². The van der Waals surface area contributed by atoms with Crippen molar-refractivity contribution in [1.29, 1.82) is 0 Å². The number of fused-ring (bicyclic) bond motifs is 3. The lowest BCUT2D eigenvalue weighted by Gasteiger charge is -2.37. The van der Waals surface area contributed by atoms with Crippen molar-refractivity contribution in [3.8, 4) is 11.5 Å². The molecule has 5 rings (SSSR count). The minimum Gasteiger partial charge on any atom is -0.497 e. The highest BCUT2D eigenvalue weighted by atomic mass is 16.6. The standard InChI is InChI=1S/C30H33N3O6/c1-18(19-6-4-3-5-7-19)31-28(35)16-23-15-25-24-14-21(10-13-26(24)39-29(25)27(17-34)38-23)33-30(36)32-20-8-11-22(37-2)12-9-20/h3-14,18,23,25,27,29,34H,15-17H2,1-2H3,(H,31,35)(H2,32,33,36)/t18-,23+,25-,27-,29+/m0/s1. The maximum Gasteiger partial charge on any atom is 0.323 e. The van der Waals surface area contributed by atoms with E-state index in [1.54, 1.807) is 37.4 Å². The topological polar surface area (TPSA) is 118 Å². The number of hydrogen-bond donors (Lipinski definition) is 4. The van der Waals surface area contributed by atoms with Gasteiger partial charge >= 0.3 is 6.03 Å². The van der Waals surface area contributed by atoms with Crippen LogP contribution in [0.4, 0.5) is 16.2 Å². The second-order valence-electron chi connectivity index (χ2n) is 9.87. The lowest BCUT2D eigenvalue weighted by Crippen LogP contribution is -2.47. The molecular formula is C30H33N3O6. The monoisotopic (exact) mass is 531 g/mol. The van der Waals surface area contributed by atoms with E-state index in [1.807, 2.05) is 49.4 Å². The number of urea groups is 1. The number of benzene rings is 3. The van der Waals surface area contributed by atoms with E-state index in [2.05, 4.69) is 16.0 Å². The van der Waals surface area contributed by atoms with Crippen LogP contribution in [-0.4, -0.2) is 49.1 Å². The van der Waals surface area contributed by atoms with Gasteiger partial charge in [0.25, 0.3) is 0 Å². The summed E-state index contributed by atoms with van der Waals surface area (Å²) in [5.41, 5.74) is 3.20. The van der Waals surface area contributed by atoms with Gasteiger partial charge in [-0.25, -0.2) is 4.79 Å². The van der Waals surface area contributed by atoms with Gasteiger partial charge in [-0.3, -0.25) is 4.79 Å². The molecule has 1 saturated heterocycles. The van der Waals surface area contributed by atoms with Gasteiger partial charge in [0.1, 0.15) is 23.7 Å². The van der Waals surface area contributed by atoms with Gasteiger partial charge in [-0.15, -0.1) is 0 Å². The zero-order valence-electron chi connectivity index (χ0n) is 21.9. The smallest absolute Gasteiger partial charge is 0.323 e. The third kappa shape index (κ3) is 6.16. The Morgan fingerprint density at radius 1 is 1.03 bits per heavy atom. The second-order valence-corrected chi connectivity index (χ2v) is 9.87. The van der Waals surface area contributed by atoms with Crippen molar-refractivity contribution in [3.05, 3.63) is 83.9 Å². The number of nitrogens with one attached hydrogen (secondary N) is 3. The first-order chi connectivity index (χ1) is 18.9. The molecule has 39 heavy (non-hydrogen) atoms. The highest BCUT2D eigenvalue weighted by molar-refractivity contribution is 5.99. The van der Waals surface area contributed by atoms with Gasteiger partial charge in [0.05, 0.1) is 32.3 Å². The van der Waals surface area contributed by atoms with Gasteiger partial charge in [-0.05, 0) is 61.4 Å². The van der Waals surface area contributed by atoms with E-state index in [-0.39, 0.29) is 49.1 Å². The molecule has 2 heterocycles. The van der Waals surface area contributed by atoms with Gasteiger partial charge in [-0.1, -0.05) is 30.3 Å². The molecule has 0 bridgehead atoms. The number of aliphatic hydroxyl groups is 1. The Morgan fingerprint density at radius 3 is 2.46 bits per heavy atom. The molecule has 204 valence electrons. The fourth-order valence-electron chi connectivity index (χ4n) is 5.27. The maximum absolute atomic E-state index is 12.8. The van der Waals surface area contributed by atoms with E-state index in [9.17, 15) is 14.7 Å². The summed E-state index contributed by atoms with van der Waals surface area (Å²) in [5.74, 6) is 1.20. The lowest BCUT2D eigenvalue weighted by molar-refractivity contribution is -0.142. The average Bonchev–Trinajstić information content (AvgIpc) is 3.31. The largest absolute Gasteiger partial charge is 0.497 e. The van der Waals surface area contributed by atoms with Crippen LogP contribution in [0.2, 0.25) is 0 Å². The van der Waals surface area contributed by atoms with Crippen LogP contribution in [0.5, 0.6) is 11.5 Å². The maximum atomic E-state index is 12.8. The van der Waals surface area contributed by atoms with Gasteiger partial charge in [-0.2, -0.15) is 0 Å². The summed E-state index contributed by atoms with van der Waals surface area (Å²) < 4.78 is 17.4. The van der Waals surface area contributed by atoms with Crippen LogP contribution in [0.25, 0.3) is 0 Å². The zero-order valence-corrected chi connectivity index (χ0v) is 21.9. The number of methoxy groups -OCH3 is 1. The fraction of sp³-hybridized carbons (Fsp3) is 0.333. The van der Waals surface area contributed by atoms with E-state index in [0.717, 1.165) is 11.1 Å². The molecule has 0 unspecified atom stereocenters. The van der Waals surface area contributed by atoms with Crippen LogP contribution < -0.4 is 25.4 Å². The molecule has 0 saturated carbocycles. The van der Waals surface area contributed by atoms with Crippen LogP contribution in [0.3, 0.4) is 0 Å². The molecule has 5 atom stereocenters. The number of aliphatic hydroxyl groups excluding tert-OH is 1. The summed E-state index contributed by atoms with van der Waals surface area (Å²) >= 11 is 0. The first-order valence-corrected chi connectivity index (χ1v) is 13.1. The lowest BCUT2D eigenvalue weighted by atomic mass is 9.84. The quantitative estimate of drug-likeness (QED) is 0.337. The number of amides is 3. The van der Waals surface area contributed by atoms with Crippen molar-refractivity contribution in [3.63, 3.8) is 0 Å². The van der Waals surface area contributed by atoms with Crippen molar-refractivity contribution in [2.24, 2.45) is 0 Å². The number of rotatable bonds is 8. The highest BCUT2D eigenvalue weighted by Crippen LogP contribution is 2.47. The molecule has 2 aliphatic heterocycles. The zero-order chi connectivity index (χ0) is 27.4. The van der Waals surface area contributed by atoms with E-state index in [4.69, 9.17) is 14.2 Å². The van der Waals surface area contributed by atoms with Crippen molar-refractivity contribution >= 4 is 23.3 Å². The summed E-state index contributed by atoms with van der Waals surface area (Å²) in [4.78, 5) is 25.4. The Balaban J connectivity index is 1.23. The molecular weight excluding hydrogens is 498 g/mol. The second kappa shape index (κ2) is 11.8. The molecule has 0 aliphatic carbocycles. The Morgan fingerprint density at radius 2 is 1.74 bits per heavy atom. The number of carbonyl (C=O) groups is 2. The summed E-state index contributed by atoms with van der Waals surface area (Å²) in [6, 6.07) is 21.8. The first kappa shape index (κ1) is 26.5. The Kier molecular flexibility index (Phi) is 7.99. The fourth-order valence-corrected chi connectivity index (χ4v) is 5.27. The van der Waals surface area contributed by atoms with Crippen LogP contribution in [0, 0.1) is 0 Å². The molecule has 0 spiro atoms. The summed E-state index contributed by atoms with van der Waals surface area (Å²) in [6.45, 7) is 1.73. The van der Waals surface area contributed by atoms with Crippen molar-refractivity contribution in [1.82, 2.24) is 5.32 Å². The van der Waals surface area contributed by atoms with E-state index >= 15 is 0 Å². The minimum atomic E-state index is -0.560. The summed E-state index contributed by atoms with van der Waals surface area (Å²) in [6.07, 6.45) is -0.570. The molecule has 9 heteroatoms. The highest BCUT2D eigenvalue weighted by Gasteiger charge is 2.46.